The van der Waals surface area contributed by atoms with E-state index < -0.39 is 5.97 Å². The number of rotatable bonds is 14. The first-order valence-electron chi connectivity index (χ1n) is 17.1. The fourth-order valence-corrected chi connectivity index (χ4v) is 9.79. The molecule has 3 fully saturated rings. The number of aliphatic carboxylic acids is 1. The Balaban J connectivity index is 1.29. The van der Waals surface area contributed by atoms with Crippen LogP contribution in [0.4, 0.5) is 0 Å². The predicted octanol–water partition coefficient (Wildman–Crippen LogP) is 8.93. The maximum atomic E-state index is 13.1. The van der Waals surface area contributed by atoms with Crippen LogP contribution in [0.15, 0.2) is 11.6 Å². The fourth-order valence-electron chi connectivity index (χ4n) is 9.79. The lowest BCUT2D eigenvalue weighted by atomic mass is 9.47. The van der Waals surface area contributed by atoms with E-state index in [1.807, 2.05) is 0 Å². The molecule has 4 aliphatic rings. The topological polar surface area (TPSA) is 80.7 Å². The average Bonchev–Trinajstić information content (AvgIpc) is 3.27. The Bertz CT molecular complexity index is 967. The second-order valence-corrected chi connectivity index (χ2v) is 15.2. The molecular formula is C36H58O5. The van der Waals surface area contributed by atoms with E-state index in [9.17, 15) is 14.4 Å². The van der Waals surface area contributed by atoms with Gasteiger partial charge in [0.05, 0.1) is 0 Å². The van der Waals surface area contributed by atoms with Gasteiger partial charge in [0.2, 0.25) is 0 Å². The van der Waals surface area contributed by atoms with E-state index in [2.05, 4.69) is 40.7 Å². The van der Waals surface area contributed by atoms with Gasteiger partial charge in [-0.25, -0.2) is 0 Å². The summed E-state index contributed by atoms with van der Waals surface area (Å²) < 4.78 is 5.97. The van der Waals surface area contributed by atoms with Crippen molar-refractivity contribution in [1.82, 2.24) is 0 Å². The molecule has 3 saturated carbocycles. The lowest BCUT2D eigenvalue weighted by Gasteiger charge is -2.58. The van der Waals surface area contributed by atoms with Gasteiger partial charge in [-0.05, 0) is 105 Å². The molecule has 0 spiro atoms. The Labute approximate surface area is 249 Å². The molecule has 5 heteroatoms. The molecule has 41 heavy (non-hydrogen) atoms. The van der Waals surface area contributed by atoms with Gasteiger partial charge < -0.3 is 9.84 Å². The number of unbranched alkanes of at least 4 members (excludes halogenated alkanes) is 4. The lowest BCUT2D eigenvalue weighted by molar-refractivity contribution is -0.151. The van der Waals surface area contributed by atoms with Crippen molar-refractivity contribution in [3.8, 4) is 0 Å². The minimum absolute atomic E-state index is 0.0105. The van der Waals surface area contributed by atoms with Crippen molar-refractivity contribution < 1.29 is 24.2 Å². The van der Waals surface area contributed by atoms with Crippen LogP contribution in [0, 0.1) is 46.3 Å². The van der Waals surface area contributed by atoms with E-state index in [0.717, 1.165) is 82.5 Å². The molecule has 0 aromatic carbocycles. The molecule has 0 aromatic heterocycles. The van der Waals surface area contributed by atoms with Crippen LogP contribution in [0.5, 0.6) is 0 Å². The Hall–Kier alpha value is -1.65. The van der Waals surface area contributed by atoms with E-state index in [-0.39, 0.29) is 29.8 Å². The Morgan fingerprint density at radius 2 is 1.61 bits per heavy atom. The Morgan fingerprint density at radius 3 is 2.32 bits per heavy atom. The summed E-state index contributed by atoms with van der Waals surface area (Å²) >= 11 is 0. The average molecular weight is 571 g/mol. The highest BCUT2D eigenvalue weighted by atomic mass is 16.5. The maximum Gasteiger partial charge on any atom is 0.306 e. The van der Waals surface area contributed by atoms with Crippen molar-refractivity contribution in [3.63, 3.8) is 0 Å². The number of carboxylic acid groups (broad SMARTS) is 1. The standard InChI is InChI=1S/C36H58O5/c1-24(2)13-18-32(37)25(3)29-16-17-30-28-15-14-26-23-27(19-21-35(26,4)31(28)20-22-36(29,30)5)41-34(40)12-10-8-6-7-9-11-33(38)39/h14,24-25,27-31H,6-13,15-23H2,1-5H3,(H,38,39)/t25-,27-,28-,29+,30-,31-,35-,36+/m0/s1. The number of hydrogen-bond donors (Lipinski definition) is 1. The molecule has 0 aromatic rings. The third kappa shape index (κ3) is 7.29. The minimum atomic E-state index is -0.731. The smallest absolute Gasteiger partial charge is 0.306 e. The molecule has 4 aliphatic carbocycles. The molecule has 4 rings (SSSR count). The number of allylic oxidation sites excluding steroid dienone is 1. The van der Waals surface area contributed by atoms with E-state index >= 15 is 0 Å². The van der Waals surface area contributed by atoms with Crippen LogP contribution in [0.2, 0.25) is 0 Å². The lowest BCUT2D eigenvalue weighted by Crippen LogP contribution is -2.51. The summed E-state index contributed by atoms with van der Waals surface area (Å²) in [4.78, 5) is 36.3. The molecule has 0 bridgehead atoms. The van der Waals surface area contributed by atoms with Crippen LogP contribution in [0.3, 0.4) is 0 Å². The molecule has 1 N–H and O–H groups in total. The van der Waals surface area contributed by atoms with Crippen molar-refractivity contribution in [1.29, 1.82) is 0 Å². The van der Waals surface area contributed by atoms with Gasteiger partial charge in [-0.3, -0.25) is 14.4 Å². The van der Waals surface area contributed by atoms with Crippen molar-refractivity contribution in [2.45, 2.75) is 150 Å². The largest absolute Gasteiger partial charge is 0.481 e. The number of carbonyl (C=O) groups is 3. The first kappa shape index (κ1) is 32.3. The first-order chi connectivity index (χ1) is 19.5. The van der Waals surface area contributed by atoms with Gasteiger partial charge in [0, 0.05) is 31.6 Å². The van der Waals surface area contributed by atoms with Gasteiger partial charge in [0.1, 0.15) is 11.9 Å². The van der Waals surface area contributed by atoms with Crippen LogP contribution < -0.4 is 0 Å². The van der Waals surface area contributed by atoms with E-state index in [1.54, 1.807) is 0 Å². The second kappa shape index (κ2) is 13.8. The molecule has 232 valence electrons. The summed E-state index contributed by atoms with van der Waals surface area (Å²) in [6, 6.07) is 0. The SMILES string of the molecule is CC(C)CCC(=O)[C@@H](C)[C@H]1CC[C@H]2[C@@H]3CC=C4C[C@@H](OC(=O)CCCCCCCC(=O)O)CC[C@]4(C)[C@H]3CC[C@]12C. The number of ketones is 1. The van der Waals surface area contributed by atoms with Crippen molar-refractivity contribution in [2.75, 3.05) is 0 Å². The van der Waals surface area contributed by atoms with Crippen molar-refractivity contribution in [2.24, 2.45) is 46.3 Å². The highest BCUT2D eigenvalue weighted by Crippen LogP contribution is 2.67. The summed E-state index contributed by atoms with van der Waals surface area (Å²) in [5.41, 5.74) is 2.05. The van der Waals surface area contributed by atoms with Crippen LogP contribution in [0.1, 0.15) is 144 Å². The molecule has 0 amide bonds. The zero-order valence-electron chi connectivity index (χ0n) is 26.7. The molecule has 8 atom stereocenters. The number of ether oxygens (including phenoxy) is 1. The monoisotopic (exact) mass is 570 g/mol. The van der Waals surface area contributed by atoms with Gasteiger partial charge in [-0.1, -0.05) is 65.5 Å². The zero-order valence-corrected chi connectivity index (χ0v) is 26.7. The van der Waals surface area contributed by atoms with Crippen molar-refractivity contribution in [3.05, 3.63) is 11.6 Å². The third-order valence-electron chi connectivity index (χ3n) is 12.3. The number of esters is 1. The molecule has 0 saturated heterocycles. The summed E-state index contributed by atoms with van der Waals surface area (Å²) in [7, 11) is 0. The third-order valence-corrected chi connectivity index (χ3v) is 12.3. The number of Topliss-reactive ketones (excluding diaryl/α,β-unsaturated/α-hetero) is 1. The number of fused-ring (bicyclic) bond motifs is 5. The van der Waals surface area contributed by atoms with Crippen LogP contribution in [-0.4, -0.2) is 28.9 Å². The predicted molar refractivity (Wildman–Crippen MR) is 163 cm³/mol. The summed E-state index contributed by atoms with van der Waals surface area (Å²) in [5.74, 6) is 3.16. The summed E-state index contributed by atoms with van der Waals surface area (Å²) in [6.45, 7) is 11.7. The number of carboxylic acids is 1. The first-order valence-corrected chi connectivity index (χ1v) is 17.1. The normalized spacial score (nSPS) is 35.2. The highest BCUT2D eigenvalue weighted by Gasteiger charge is 2.59. The molecule has 0 unspecified atom stereocenters. The quantitative estimate of drug-likeness (QED) is 0.128. The van der Waals surface area contributed by atoms with E-state index in [4.69, 9.17) is 9.84 Å². The summed E-state index contributed by atoms with van der Waals surface area (Å²) in [5, 5.41) is 8.73. The van der Waals surface area contributed by atoms with Crippen LogP contribution >= 0.6 is 0 Å². The Kier molecular flexibility index (Phi) is 10.8. The van der Waals surface area contributed by atoms with E-state index in [0.29, 0.717) is 35.4 Å². The number of carbonyl (C=O) groups excluding carboxylic acids is 2. The fraction of sp³-hybridized carbons (Fsp3) is 0.861. The molecule has 0 aliphatic heterocycles. The van der Waals surface area contributed by atoms with Crippen molar-refractivity contribution >= 4 is 17.7 Å². The summed E-state index contributed by atoms with van der Waals surface area (Å²) in [6.07, 6.45) is 18.5. The second-order valence-electron chi connectivity index (χ2n) is 15.2. The van der Waals surface area contributed by atoms with E-state index in [1.165, 1.54) is 31.3 Å². The zero-order chi connectivity index (χ0) is 29.8. The van der Waals surface area contributed by atoms with Crippen LogP contribution in [0.25, 0.3) is 0 Å². The van der Waals surface area contributed by atoms with Gasteiger partial charge in [0.25, 0.3) is 0 Å². The molecule has 0 heterocycles. The van der Waals surface area contributed by atoms with Gasteiger partial charge in [-0.2, -0.15) is 0 Å². The van der Waals surface area contributed by atoms with Gasteiger partial charge >= 0.3 is 11.9 Å². The molecule has 0 radical (unpaired) electrons. The number of hydrogen-bond acceptors (Lipinski definition) is 4. The van der Waals surface area contributed by atoms with Gasteiger partial charge in [0.15, 0.2) is 0 Å². The Morgan fingerprint density at radius 1 is 0.902 bits per heavy atom. The highest BCUT2D eigenvalue weighted by molar-refractivity contribution is 5.81. The van der Waals surface area contributed by atoms with Crippen LogP contribution in [-0.2, 0) is 19.1 Å². The van der Waals surface area contributed by atoms with Gasteiger partial charge in [-0.15, -0.1) is 0 Å². The molecular weight excluding hydrogens is 512 g/mol. The maximum absolute atomic E-state index is 13.1. The minimum Gasteiger partial charge on any atom is -0.481 e. The molecule has 5 nitrogen and oxygen atoms in total.